The average molecular weight is 357 g/mol. The highest BCUT2D eigenvalue weighted by Gasteiger charge is 2.09. The van der Waals surface area contributed by atoms with Crippen LogP contribution in [0.5, 0.6) is 0 Å². The molecule has 132 valence electrons. The molecule has 0 fully saturated rings. The fraction of sp³-hybridized carbons (Fsp3) is 0.917. The lowest BCUT2D eigenvalue weighted by atomic mass is 10.3. The first kappa shape index (κ1) is 21.1. The fourth-order valence-electron chi connectivity index (χ4n) is 1.54. The van der Waals surface area contributed by atoms with Gasteiger partial charge >= 0.3 is 0 Å². The van der Waals surface area contributed by atoms with Gasteiger partial charge in [0.1, 0.15) is 9.84 Å². The molecule has 0 aliphatic rings. The Morgan fingerprint density at radius 3 is 2.32 bits per heavy atom. The zero-order chi connectivity index (χ0) is 17.2. The van der Waals surface area contributed by atoms with Gasteiger partial charge in [0.25, 0.3) is 0 Å². The monoisotopic (exact) mass is 356 g/mol. The average Bonchev–Trinajstić information content (AvgIpc) is 2.34. The number of guanidine groups is 1. The molecule has 0 saturated carbocycles. The van der Waals surface area contributed by atoms with Crippen LogP contribution in [0.1, 0.15) is 26.7 Å². The summed E-state index contributed by atoms with van der Waals surface area (Å²) < 4.78 is 46.5. The van der Waals surface area contributed by atoms with Crippen molar-refractivity contribution in [2.75, 3.05) is 37.9 Å². The first-order valence-corrected chi connectivity index (χ1v) is 11.2. The molecule has 0 bridgehead atoms. The molecule has 0 heterocycles. The highest BCUT2D eigenvalue weighted by molar-refractivity contribution is 7.90. The second-order valence-electron chi connectivity index (χ2n) is 5.24. The van der Waals surface area contributed by atoms with Gasteiger partial charge in [-0.2, -0.15) is 0 Å². The number of nitrogens with zero attached hydrogens (tertiary/aromatic N) is 1. The van der Waals surface area contributed by atoms with Crippen molar-refractivity contribution in [3.05, 3.63) is 0 Å². The van der Waals surface area contributed by atoms with Gasteiger partial charge in [-0.1, -0.05) is 0 Å². The summed E-state index contributed by atoms with van der Waals surface area (Å²) in [5.74, 6) is 0.724. The number of sulfone groups is 1. The first-order chi connectivity index (χ1) is 10.0. The maximum atomic E-state index is 11.1. The molecule has 0 aromatic heterocycles. The number of nitrogens with one attached hydrogen (secondary N) is 3. The maximum Gasteiger partial charge on any atom is 0.208 e. The molecule has 0 aliphatic heterocycles. The number of hydrogen-bond donors (Lipinski definition) is 3. The Labute approximate surface area is 134 Å². The SMILES string of the molecule is CCNC(=NCCCNS(C)(=O)=O)NC(C)CCS(C)(=O)=O. The normalized spacial score (nSPS) is 14.6. The summed E-state index contributed by atoms with van der Waals surface area (Å²) in [6.07, 6.45) is 3.42. The molecule has 0 aliphatic carbocycles. The molecule has 10 heteroatoms. The second kappa shape index (κ2) is 10.0. The van der Waals surface area contributed by atoms with E-state index in [-0.39, 0.29) is 11.8 Å². The van der Waals surface area contributed by atoms with Crippen molar-refractivity contribution in [1.82, 2.24) is 15.4 Å². The number of rotatable bonds is 10. The van der Waals surface area contributed by atoms with Gasteiger partial charge in [-0.25, -0.2) is 21.6 Å². The molecule has 0 radical (unpaired) electrons. The lowest BCUT2D eigenvalue weighted by molar-refractivity contribution is 0.579. The van der Waals surface area contributed by atoms with Gasteiger partial charge in [0.2, 0.25) is 10.0 Å². The predicted octanol–water partition coefficient (Wildman–Crippen LogP) is -0.696. The fourth-order valence-corrected chi connectivity index (χ4v) is 2.84. The van der Waals surface area contributed by atoms with E-state index >= 15 is 0 Å². The molecular weight excluding hydrogens is 328 g/mol. The Balaban J connectivity index is 4.25. The van der Waals surface area contributed by atoms with Crippen LogP contribution in [0.15, 0.2) is 4.99 Å². The van der Waals surface area contributed by atoms with Crippen molar-refractivity contribution in [3.8, 4) is 0 Å². The lowest BCUT2D eigenvalue weighted by Crippen LogP contribution is -2.43. The Hall–Kier alpha value is -0.870. The van der Waals surface area contributed by atoms with Gasteiger partial charge in [-0.3, -0.25) is 4.99 Å². The third-order valence-corrected chi connectivity index (χ3v) is 4.32. The van der Waals surface area contributed by atoms with Crippen molar-refractivity contribution in [3.63, 3.8) is 0 Å². The number of hydrogen-bond acceptors (Lipinski definition) is 5. The summed E-state index contributed by atoms with van der Waals surface area (Å²) in [7, 11) is -6.13. The zero-order valence-electron chi connectivity index (χ0n) is 13.7. The standard InChI is InChI=1S/C12H28N4O4S2/c1-5-13-12(14-8-6-9-15-22(4,19)20)16-11(2)7-10-21(3,17)18/h11,15H,5-10H2,1-4H3,(H2,13,14,16). The molecule has 0 aromatic rings. The molecule has 0 spiro atoms. The van der Waals surface area contributed by atoms with Gasteiger partial charge in [0, 0.05) is 31.9 Å². The Morgan fingerprint density at radius 2 is 1.82 bits per heavy atom. The van der Waals surface area contributed by atoms with Crippen molar-refractivity contribution >= 4 is 25.8 Å². The third kappa shape index (κ3) is 14.1. The molecule has 8 nitrogen and oxygen atoms in total. The van der Waals surface area contributed by atoms with Crippen LogP contribution < -0.4 is 15.4 Å². The van der Waals surface area contributed by atoms with Crippen molar-refractivity contribution in [2.24, 2.45) is 4.99 Å². The molecule has 0 amide bonds. The number of aliphatic imine (C=N–C) groups is 1. The molecule has 3 N–H and O–H groups in total. The lowest BCUT2D eigenvalue weighted by Gasteiger charge is -2.17. The van der Waals surface area contributed by atoms with E-state index in [9.17, 15) is 16.8 Å². The molecule has 0 aromatic carbocycles. The maximum absolute atomic E-state index is 11.1. The minimum atomic E-state index is -3.16. The van der Waals surface area contributed by atoms with Crippen LogP contribution in [0.3, 0.4) is 0 Å². The molecule has 22 heavy (non-hydrogen) atoms. The van der Waals surface area contributed by atoms with Crippen LogP contribution in [-0.2, 0) is 19.9 Å². The minimum absolute atomic E-state index is 0.0262. The van der Waals surface area contributed by atoms with E-state index in [1.807, 2.05) is 13.8 Å². The first-order valence-electron chi connectivity index (χ1n) is 7.20. The van der Waals surface area contributed by atoms with Crippen LogP contribution >= 0.6 is 0 Å². The van der Waals surface area contributed by atoms with E-state index in [1.54, 1.807) is 0 Å². The summed E-state index contributed by atoms with van der Waals surface area (Å²) in [5, 5.41) is 6.20. The Morgan fingerprint density at radius 1 is 1.18 bits per heavy atom. The summed E-state index contributed by atoms with van der Waals surface area (Å²) >= 11 is 0. The largest absolute Gasteiger partial charge is 0.357 e. The molecule has 0 saturated heterocycles. The van der Waals surface area contributed by atoms with Crippen LogP contribution in [0, 0.1) is 0 Å². The van der Waals surface area contributed by atoms with E-state index in [0.29, 0.717) is 38.4 Å². The predicted molar refractivity (Wildman–Crippen MR) is 90.4 cm³/mol. The van der Waals surface area contributed by atoms with Gasteiger partial charge in [-0.05, 0) is 26.7 Å². The van der Waals surface area contributed by atoms with E-state index in [4.69, 9.17) is 0 Å². The van der Waals surface area contributed by atoms with Gasteiger partial charge in [0.15, 0.2) is 5.96 Å². The summed E-state index contributed by atoms with van der Waals surface area (Å²) in [4.78, 5) is 4.33. The van der Waals surface area contributed by atoms with Gasteiger partial charge in [0.05, 0.1) is 12.0 Å². The Bertz CT molecular complexity index is 543. The van der Waals surface area contributed by atoms with Crippen molar-refractivity contribution < 1.29 is 16.8 Å². The Kier molecular flexibility index (Phi) is 9.61. The van der Waals surface area contributed by atoms with Crippen molar-refractivity contribution in [2.45, 2.75) is 32.7 Å². The topological polar surface area (TPSA) is 117 Å². The van der Waals surface area contributed by atoms with E-state index in [0.717, 1.165) is 6.26 Å². The van der Waals surface area contributed by atoms with Crippen LogP contribution in [0.4, 0.5) is 0 Å². The molecule has 1 atom stereocenters. The van der Waals surface area contributed by atoms with Gasteiger partial charge < -0.3 is 10.6 Å². The van der Waals surface area contributed by atoms with E-state index < -0.39 is 19.9 Å². The number of sulfonamides is 1. The van der Waals surface area contributed by atoms with Crippen LogP contribution in [0.2, 0.25) is 0 Å². The third-order valence-electron chi connectivity index (χ3n) is 2.62. The zero-order valence-corrected chi connectivity index (χ0v) is 15.3. The molecule has 0 rings (SSSR count). The van der Waals surface area contributed by atoms with E-state index in [2.05, 4.69) is 20.3 Å². The molecule has 1 unspecified atom stereocenters. The van der Waals surface area contributed by atoms with Gasteiger partial charge in [-0.15, -0.1) is 0 Å². The van der Waals surface area contributed by atoms with Crippen LogP contribution in [0.25, 0.3) is 0 Å². The highest BCUT2D eigenvalue weighted by atomic mass is 32.2. The second-order valence-corrected chi connectivity index (χ2v) is 9.34. The smallest absolute Gasteiger partial charge is 0.208 e. The summed E-state index contributed by atoms with van der Waals surface area (Å²) in [5.41, 5.74) is 0. The summed E-state index contributed by atoms with van der Waals surface area (Å²) in [6, 6.07) is -0.0262. The van der Waals surface area contributed by atoms with E-state index in [1.165, 1.54) is 6.26 Å². The van der Waals surface area contributed by atoms with Crippen LogP contribution in [-0.4, -0.2) is 66.7 Å². The highest BCUT2D eigenvalue weighted by Crippen LogP contribution is 1.95. The van der Waals surface area contributed by atoms with Crippen molar-refractivity contribution in [1.29, 1.82) is 0 Å². The minimum Gasteiger partial charge on any atom is -0.357 e. The molecular formula is C12H28N4O4S2. The quantitative estimate of drug-likeness (QED) is 0.271. The summed E-state index contributed by atoms with van der Waals surface area (Å²) in [6.45, 7) is 5.32.